The van der Waals surface area contributed by atoms with Crippen molar-refractivity contribution in [3.63, 3.8) is 0 Å². The van der Waals surface area contributed by atoms with Crippen molar-refractivity contribution in [3.8, 4) is 17.0 Å². The third-order valence-corrected chi connectivity index (χ3v) is 5.51. The van der Waals surface area contributed by atoms with Crippen LogP contribution >= 0.6 is 11.3 Å². The topological polar surface area (TPSA) is 26.5 Å². The molecule has 0 aliphatic rings. The SMILES string of the molecule is COc1ccc(-c2csc(=NCc3ccccc3)n2Cc2ccccc2)cc1. The average molecular weight is 387 g/mol. The van der Waals surface area contributed by atoms with E-state index in [1.54, 1.807) is 18.4 Å². The highest BCUT2D eigenvalue weighted by Gasteiger charge is 2.09. The third kappa shape index (κ3) is 4.24. The summed E-state index contributed by atoms with van der Waals surface area (Å²) in [6.45, 7) is 1.47. The van der Waals surface area contributed by atoms with Gasteiger partial charge in [0.1, 0.15) is 5.75 Å². The maximum atomic E-state index is 5.30. The zero-order valence-electron chi connectivity index (χ0n) is 15.8. The van der Waals surface area contributed by atoms with E-state index in [4.69, 9.17) is 9.73 Å². The van der Waals surface area contributed by atoms with Crippen molar-refractivity contribution in [1.29, 1.82) is 0 Å². The van der Waals surface area contributed by atoms with Gasteiger partial charge in [0, 0.05) is 5.38 Å². The molecule has 0 N–H and O–H groups in total. The Morgan fingerprint density at radius 2 is 1.46 bits per heavy atom. The Morgan fingerprint density at radius 1 is 0.821 bits per heavy atom. The molecule has 0 bridgehead atoms. The van der Waals surface area contributed by atoms with Crippen molar-refractivity contribution in [3.05, 3.63) is 106 Å². The van der Waals surface area contributed by atoms with Crippen molar-refractivity contribution in [2.75, 3.05) is 7.11 Å². The number of thiazole rings is 1. The number of ether oxygens (including phenoxy) is 1. The van der Waals surface area contributed by atoms with E-state index in [1.165, 1.54) is 16.8 Å². The molecule has 0 amide bonds. The number of nitrogens with zero attached hydrogens (tertiary/aromatic N) is 2. The van der Waals surface area contributed by atoms with Gasteiger partial charge in [-0.1, -0.05) is 60.7 Å². The number of methoxy groups -OCH3 is 1. The minimum atomic E-state index is 0.679. The first kappa shape index (κ1) is 18.3. The van der Waals surface area contributed by atoms with Gasteiger partial charge >= 0.3 is 0 Å². The summed E-state index contributed by atoms with van der Waals surface area (Å²) >= 11 is 1.68. The predicted molar refractivity (Wildman–Crippen MR) is 116 cm³/mol. The summed E-state index contributed by atoms with van der Waals surface area (Å²) in [5.41, 5.74) is 4.81. The first-order valence-corrected chi connectivity index (χ1v) is 10.1. The second-order valence-electron chi connectivity index (χ2n) is 6.51. The van der Waals surface area contributed by atoms with E-state index in [9.17, 15) is 0 Å². The Labute approximate surface area is 169 Å². The molecule has 4 rings (SSSR count). The van der Waals surface area contributed by atoms with Gasteiger partial charge in [0.15, 0.2) is 4.80 Å². The molecule has 1 aromatic heterocycles. The molecule has 3 aromatic carbocycles. The van der Waals surface area contributed by atoms with Crippen LogP contribution in [-0.4, -0.2) is 11.7 Å². The lowest BCUT2D eigenvalue weighted by Gasteiger charge is -2.10. The minimum absolute atomic E-state index is 0.679. The Morgan fingerprint density at radius 3 is 2.11 bits per heavy atom. The number of hydrogen-bond acceptors (Lipinski definition) is 3. The van der Waals surface area contributed by atoms with E-state index in [2.05, 4.69) is 70.6 Å². The van der Waals surface area contributed by atoms with Gasteiger partial charge in [0.25, 0.3) is 0 Å². The van der Waals surface area contributed by atoms with E-state index in [-0.39, 0.29) is 0 Å². The van der Waals surface area contributed by atoms with Crippen molar-refractivity contribution in [1.82, 2.24) is 4.57 Å². The number of benzene rings is 3. The lowest BCUT2D eigenvalue weighted by atomic mass is 10.1. The van der Waals surface area contributed by atoms with Crippen LogP contribution in [0.15, 0.2) is 95.3 Å². The fourth-order valence-corrected chi connectivity index (χ4v) is 4.02. The molecule has 0 saturated heterocycles. The zero-order valence-corrected chi connectivity index (χ0v) is 16.6. The molecule has 0 aliphatic carbocycles. The van der Waals surface area contributed by atoms with E-state index in [0.717, 1.165) is 22.7 Å². The third-order valence-electron chi connectivity index (χ3n) is 4.61. The van der Waals surface area contributed by atoms with Gasteiger partial charge < -0.3 is 9.30 Å². The van der Waals surface area contributed by atoms with Crippen LogP contribution in [0.3, 0.4) is 0 Å². The lowest BCUT2D eigenvalue weighted by molar-refractivity contribution is 0.415. The lowest BCUT2D eigenvalue weighted by Crippen LogP contribution is -2.17. The normalized spacial score (nSPS) is 11.5. The van der Waals surface area contributed by atoms with E-state index >= 15 is 0 Å². The van der Waals surface area contributed by atoms with Crippen LogP contribution < -0.4 is 9.54 Å². The van der Waals surface area contributed by atoms with Crippen LogP contribution in [0.2, 0.25) is 0 Å². The first-order chi connectivity index (χ1) is 13.8. The first-order valence-electron chi connectivity index (χ1n) is 9.24. The second kappa shape index (κ2) is 8.72. The van der Waals surface area contributed by atoms with Crippen molar-refractivity contribution >= 4 is 11.3 Å². The Hall–Kier alpha value is -3.11. The van der Waals surface area contributed by atoms with Crippen molar-refractivity contribution in [2.45, 2.75) is 13.1 Å². The van der Waals surface area contributed by atoms with Crippen LogP contribution in [0.25, 0.3) is 11.3 Å². The smallest absolute Gasteiger partial charge is 0.185 e. The molecule has 0 spiro atoms. The maximum Gasteiger partial charge on any atom is 0.185 e. The Balaban J connectivity index is 1.74. The van der Waals surface area contributed by atoms with Crippen molar-refractivity contribution < 1.29 is 4.74 Å². The second-order valence-corrected chi connectivity index (χ2v) is 7.34. The van der Waals surface area contributed by atoms with Gasteiger partial charge in [-0.25, -0.2) is 0 Å². The molecule has 0 aliphatic heterocycles. The molecule has 4 heteroatoms. The molecule has 4 aromatic rings. The molecule has 0 unspecified atom stereocenters. The van der Waals surface area contributed by atoms with Crippen molar-refractivity contribution in [2.24, 2.45) is 4.99 Å². The molecule has 3 nitrogen and oxygen atoms in total. The van der Waals surface area contributed by atoms with E-state index in [1.807, 2.05) is 24.3 Å². The summed E-state index contributed by atoms with van der Waals surface area (Å²) in [6, 6.07) is 29.1. The van der Waals surface area contributed by atoms with Crippen LogP contribution in [0.5, 0.6) is 5.75 Å². The molecule has 0 fully saturated rings. The summed E-state index contributed by atoms with van der Waals surface area (Å²) in [7, 11) is 1.69. The number of hydrogen-bond donors (Lipinski definition) is 0. The highest BCUT2D eigenvalue weighted by Crippen LogP contribution is 2.24. The monoisotopic (exact) mass is 386 g/mol. The van der Waals surface area contributed by atoms with Gasteiger partial charge in [-0.2, -0.15) is 0 Å². The van der Waals surface area contributed by atoms with Gasteiger partial charge in [0.2, 0.25) is 0 Å². The van der Waals surface area contributed by atoms with Gasteiger partial charge in [0.05, 0.1) is 25.9 Å². The van der Waals surface area contributed by atoms with E-state index < -0.39 is 0 Å². The molecule has 1 heterocycles. The summed E-state index contributed by atoms with van der Waals surface area (Å²) in [6.07, 6.45) is 0. The van der Waals surface area contributed by atoms with Crippen LogP contribution in [0.4, 0.5) is 0 Å². The predicted octanol–water partition coefficient (Wildman–Crippen LogP) is 5.37. The van der Waals surface area contributed by atoms with Crippen LogP contribution in [0.1, 0.15) is 11.1 Å². The fourth-order valence-electron chi connectivity index (χ4n) is 3.11. The van der Waals surface area contributed by atoms with Gasteiger partial charge in [-0.05, 0) is 41.0 Å². The van der Waals surface area contributed by atoms with E-state index in [0.29, 0.717) is 6.54 Å². The molecular formula is C24H22N2OS. The van der Waals surface area contributed by atoms with Gasteiger partial charge in [-0.3, -0.25) is 4.99 Å². The largest absolute Gasteiger partial charge is 0.497 e. The molecule has 0 atom stereocenters. The quantitative estimate of drug-likeness (QED) is 0.437. The van der Waals surface area contributed by atoms with Crippen LogP contribution in [-0.2, 0) is 13.1 Å². The van der Waals surface area contributed by atoms with Gasteiger partial charge in [-0.15, -0.1) is 11.3 Å². The average Bonchev–Trinajstić information content (AvgIpc) is 3.16. The minimum Gasteiger partial charge on any atom is -0.497 e. The number of rotatable bonds is 6. The highest BCUT2D eigenvalue weighted by molar-refractivity contribution is 7.07. The Bertz CT molecular complexity index is 1080. The summed E-state index contributed by atoms with van der Waals surface area (Å²) in [5.74, 6) is 0.863. The van der Waals surface area contributed by atoms with Crippen LogP contribution in [0, 0.1) is 0 Å². The highest BCUT2D eigenvalue weighted by atomic mass is 32.1. The standard InChI is InChI=1S/C24H22N2OS/c1-27-22-14-12-21(13-15-22)23-18-28-24(25-16-19-8-4-2-5-9-19)26(23)17-20-10-6-3-7-11-20/h2-15,18H,16-17H2,1H3. The fraction of sp³-hybridized carbons (Fsp3) is 0.125. The summed E-state index contributed by atoms with van der Waals surface area (Å²) in [4.78, 5) is 5.94. The maximum absolute atomic E-state index is 5.30. The Kier molecular flexibility index (Phi) is 5.69. The molecule has 140 valence electrons. The summed E-state index contributed by atoms with van der Waals surface area (Å²) < 4.78 is 7.60. The number of aromatic nitrogens is 1. The molecular weight excluding hydrogens is 364 g/mol. The molecule has 0 saturated carbocycles. The zero-order chi connectivity index (χ0) is 19.2. The molecule has 0 radical (unpaired) electrons. The summed E-state index contributed by atoms with van der Waals surface area (Å²) in [5, 5.41) is 2.19. The molecule has 28 heavy (non-hydrogen) atoms.